The molecule has 3 fully saturated rings. The van der Waals surface area contributed by atoms with Crippen LogP contribution in [0.5, 0.6) is 0 Å². The zero-order valence-electron chi connectivity index (χ0n) is 16.1. The normalized spacial score (nSPS) is 29.5. The fourth-order valence-corrected chi connectivity index (χ4v) is 5.31. The topological polar surface area (TPSA) is 49.4 Å². The van der Waals surface area contributed by atoms with E-state index in [0.29, 0.717) is 24.7 Å². The van der Waals surface area contributed by atoms with Gasteiger partial charge < -0.3 is 10.2 Å². The van der Waals surface area contributed by atoms with Gasteiger partial charge in [-0.2, -0.15) is 0 Å². The first-order chi connectivity index (χ1) is 12.7. The molecule has 1 saturated heterocycles. The Morgan fingerprint density at radius 1 is 1.12 bits per heavy atom. The highest BCUT2D eigenvalue weighted by Gasteiger charge is 2.45. The first kappa shape index (κ1) is 18.1. The summed E-state index contributed by atoms with van der Waals surface area (Å²) in [6.07, 6.45) is 16.7. The highest BCUT2D eigenvalue weighted by molar-refractivity contribution is 5.80. The molecule has 0 aromatic heterocycles. The number of hydrogen-bond donors (Lipinski definition) is 1. The number of likely N-dealkylation sites (tertiary alicyclic amines) is 1. The van der Waals surface area contributed by atoms with Crippen molar-refractivity contribution in [2.45, 2.75) is 83.5 Å². The summed E-state index contributed by atoms with van der Waals surface area (Å²) in [5.74, 6) is 1.99. The van der Waals surface area contributed by atoms with Crippen LogP contribution in [0.3, 0.4) is 0 Å². The molecule has 0 spiro atoms. The van der Waals surface area contributed by atoms with Gasteiger partial charge in [0.2, 0.25) is 11.8 Å². The lowest BCUT2D eigenvalue weighted by Crippen LogP contribution is -2.51. The Bertz CT molecular complexity index is 575. The van der Waals surface area contributed by atoms with Crippen molar-refractivity contribution in [1.82, 2.24) is 10.2 Å². The van der Waals surface area contributed by atoms with E-state index in [9.17, 15) is 9.59 Å². The second kappa shape index (κ2) is 7.74. The average molecular weight is 359 g/mol. The molecular formula is C22H34N2O2. The Hall–Kier alpha value is -1.32. The molecule has 0 bridgehead atoms. The predicted octanol–water partition coefficient (Wildman–Crippen LogP) is 4.16. The molecule has 4 aliphatic rings. The van der Waals surface area contributed by atoms with E-state index in [0.717, 1.165) is 44.7 Å². The quantitative estimate of drug-likeness (QED) is 0.743. The first-order valence-corrected chi connectivity index (χ1v) is 10.9. The minimum absolute atomic E-state index is 0.00404. The lowest BCUT2D eigenvalue weighted by Gasteiger charge is -2.47. The molecule has 4 heteroatoms. The van der Waals surface area contributed by atoms with Crippen molar-refractivity contribution in [2.24, 2.45) is 17.3 Å². The summed E-state index contributed by atoms with van der Waals surface area (Å²) in [5.41, 5.74) is 1.24. The van der Waals surface area contributed by atoms with Gasteiger partial charge in [-0.05, 0) is 56.8 Å². The van der Waals surface area contributed by atoms with Crippen LogP contribution in [0.2, 0.25) is 0 Å². The molecule has 1 atom stereocenters. The largest absolute Gasteiger partial charge is 0.355 e. The third-order valence-corrected chi connectivity index (χ3v) is 7.17. The fraction of sp³-hybridized carbons (Fsp3) is 0.818. The van der Waals surface area contributed by atoms with Crippen molar-refractivity contribution in [3.8, 4) is 0 Å². The van der Waals surface area contributed by atoms with Crippen LogP contribution in [-0.2, 0) is 9.59 Å². The van der Waals surface area contributed by atoms with Crippen molar-refractivity contribution in [3.63, 3.8) is 0 Å². The third-order valence-electron chi connectivity index (χ3n) is 7.17. The predicted molar refractivity (Wildman–Crippen MR) is 102 cm³/mol. The number of nitrogens with zero attached hydrogens (tertiary/aromatic N) is 1. The van der Waals surface area contributed by atoms with Gasteiger partial charge in [-0.15, -0.1) is 0 Å². The summed E-state index contributed by atoms with van der Waals surface area (Å²) in [7, 11) is 0. The molecule has 2 amide bonds. The van der Waals surface area contributed by atoms with Gasteiger partial charge >= 0.3 is 0 Å². The minimum atomic E-state index is 0.00404. The van der Waals surface area contributed by atoms with E-state index in [1.54, 1.807) is 0 Å². The molecule has 2 saturated carbocycles. The molecule has 26 heavy (non-hydrogen) atoms. The maximum absolute atomic E-state index is 12.5. The molecule has 1 heterocycles. The molecule has 1 unspecified atom stereocenters. The zero-order chi connectivity index (χ0) is 18.0. The Morgan fingerprint density at radius 3 is 2.69 bits per heavy atom. The van der Waals surface area contributed by atoms with Gasteiger partial charge in [0.05, 0.1) is 0 Å². The van der Waals surface area contributed by atoms with Crippen molar-refractivity contribution in [2.75, 3.05) is 13.1 Å². The first-order valence-electron chi connectivity index (χ1n) is 10.9. The molecule has 0 radical (unpaired) electrons. The van der Waals surface area contributed by atoms with Crippen molar-refractivity contribution < 1.29 is 9.59 Å². The summed E-state index contributed by atoms with van der Waals surface area (Å²) in [5, 5.41) is 3.25. The van der Waals surface area contributed by atoms with E-state index < -0.39 is 0 Å². The Kier molecular flexibility index (Phi) is 5.37. The molecule has 1 aliphatic heterocycles. The Morgan fingerprint density at radius 2 is 1.92 bits per heavy atom. The number of hydrogen-bond acceptors (Lipinski definition) is 2. The van der Waals surface area contributed by atoms with Gasteiger partial charge in [0.25, 0.3) is 0 Å². The third kappa shape index (κ3) is 3.99. The number of rotatable bonds is 7. The molecule has 4 rings (SSSR count). The number of carbonyl (C=O) groups is 2. The maximum Gasteiger partial charge on any atom is 0.226 e. The summed E-state index contributed by atoms with van der Waals surface area (Å²) in [4.78, 5) is 27.1. The van der Waals surface area contributed by atoms with Gasteiger partial charge in [0, 0.05) is 37.0 Å². The van der Waals surface area contributed by atoms with E-state index in [1.807, 2.05) is 0 Å². The SMILES string of the molecule is O=C(CCC1CCCC1)NCC12CCCC=C1N(CC1CC1)C(=O)CC2. The van der Waals surface area contributed by atoms with Gasteiger partial charge in [0.1, 0.15) is 0 Å². The van der Waals surface area contributed by atoms with Crippen LogP contribution in [0.25, 0.3) is 0 Å². The van der Waals surface area contributed by atoms with E-state index in [2.05, 4.69) is 16.3 Å². The second-order valence-electron chi connectivity index (χ2n) is 9.18. The van der Waals surface area contributed by atoms with E-state index in [-0.39, 0.29) is 11.3 Å². The standard InChI is InChI=1S/C22H34N2O2/c25-20(11-10-17-5-1-2-6-17)23-16-22-13-4-3-7-19(22)24(15-18-8-9-18)21(26)12-14-22/h7,17-18H,1-6,8-16H2,(H,23,25). The van der Waals surface area contributed by atoms with Crippen LogP contribution in [0, 0.1) is 17.3 Å². The van der Waals surface area contributed by atoms with E-state index in [1.165, 1.54) is 50.6 Å². The van der Waals surface area contributed by atoms with Gasteiger partial charge in [-0.3, -0.25) is 9.59 Å². The molecular weight excluding hydrogens is 324 g/mol. The number of allylic oxidation sites excluding steroid dienone is 1. The van der Waals surface area contributed by atoms with Crippen LogP contribution < -0.4 is 5.32 Å². The zero-order valence-corrected chi connectivity index (χ0v) is 16.1. The van der Waals surface area contributed by atoms with Crippen LogP contribution in [-0.4, -0.2) is 29.8 Å². The van der Waals surface area contributed by atoms with Crippen molar-refractivity contribution in [1.29, 1.82) is 0 Å². The number of fused-ring (bicyclic) bond motifs is 1. The van der Waals surface area contributed by atoms with E-state index in [4.69, 9.17) is 0 Å². The van der Waals surface area contributed by atoms with Crippen LogP contribution >= 0.6 is 0 Å². The number of piperidine rings is 1. The monoisotopic (exact) mass is 358 g/mol. The average Bonchev–Trinajstić information content (AvgIpc) is 3.32. The van der Waals surface area contributed by atoms with Crippen molar-refractivity contribution >= 4 is 11.8 Å². The highest BCUT2D eigenvalue weighted by Crippen LogP contribution is 2.47. The van der Waals surface area contributed by atoms with E-state index >= 15 is 0 Å². The van der Waals surface area contributed by atoms with Crippen molar-refractivity contribution in [3.05, 3.63) is 11.8 Å². The summed E-state index contributed by atoms with van der Waals surface area (Å²) in [6, 6.07) is 0. The Balaban J connectivity index is 1.36. The van der Waals surface area contributed by atoms with Gasteiger partial charge in [-0.25, -0.2) is 0 Å². The summed E-state index contributed by atoms with van der Waals surface area (Å²) < 4.78 is 0. The molecule has 3 aliphatic carbocycles. The number of carbonyl (C=O) groups excluding carboxylic acids is 2. The van der Waals surface area contributed by atoms with Crippen LogP contribution in [0.1, 0.15) is 83.5 Å². The summed E-state index contributed by atoms with van der Waals surface area (Å²) in [6.45, 7) is 1.62. The molecule has 4 nitrogen and oxygen atoms in total. The molecule has 0 aromatic carbocycles. The second-order valence-corrected chi connectivity index (χ2v) is 9.18. The lowest BCUT2D eigenvalue weighted by molar-refractivity contribution is -0.134. The number of amides is 2. The van der Waals surface area contributed by atoms with Crippen LogP contribution in [0.15, 0.2) is 11.8 Å². The number of nitrogens with one attached hydrogen (secondary N) is 1. The highest BCUT2D eigenvalue weighted by atomic mass is 16.2. The minimum Gasteiger partial charge on any atom is -0.355 e. The van der Waals surface area contributed by atoms with Gasteiger partial charge in [-0.1, -0.05) is 31.8 Å². The fourth-order valence-electron chi connectivity index (χ4n) is 5.31. The summed E-state index contributed by atoms with van der Waals surface area (Å²) >= 11 is 0. The molecule has 144 valence electrons. The maximum atomic E-state index is 12.5. The molecule has 1 N–H and O–H groups in total. The molecule has 0 aromatic rings. The lowest BCUT2D eigenvalue weighted by atomic mass is 9.69. The van der Waals surface area contributed by atoms with Crippen LogP contribution in [0.4, 0.5) is 0 Å². The van der Waals surface area contributed by atoms with Gasteiger partial charge in [0.15, 0.2) is 0 Å². The Labute approximate surface area is 157 Å². The smallest absolute Gasteiger partial charge is 0.226 e.